The van der Waals surface area contributed by atoms with Gasteiger partial charge in [0.15, 0.2) is 12.7 Å². The van der Waals surface area contributed by atoms with E-state index >= 15 is 0 Å². The Labute approximate surface area is 51.7 Å². The number of carbonyl (C=O) groups excluding carboxylic acids is 2. The molecule has 0 aromatic carbocycles. The highest BCUT2D eigenvalue weighted by molar-refractivity contribution is 5.84. The molecule has 1 atom stereocenters. The minimum atomic E-state index is -0.730. The number of carbonyl (C=O) groups is 2. The van der Waals surface area contributed by atoms with E-state index in [1.54, 1.807) is 0 Å². The quantitative estimate of drug-likeness (QED) is 0.414. The van der Waals surface area contributed by atoms with Gasteiger partial charge in [0.25, 0.3) is 0 Å². The Morgan fingerprint density at radius 1 is 1.56 bits per heavy atom. The van der Waals surface area contributed by atoms with Crippen molar-refractivity contribution in [2.24, 2.45) is 0 Å². The minimum absolute atomic E-state index is 0.247. The fraction of sp³-hybridized carbons (Fsp3) is 0.600. The number of esters is 2. The molecule has 4 heteroatoms. The van der Waals surface area contributed by atoms with Gasteiger partial charge < -0.3 is 9.47 Å². The average Bonchev–Trinajstić information content (AvgIpc) is 1.80. The molecule has 9 heavy (non-hydrogen) atoms. The third-order valence-electron chi connectivity index (χ3n) is 0.972. The number of hydrogen-bond acceptors (Lipinski definition) is 4. The predicted octanol–water partition coefficient (Wildman–Crippen LogP) is -0.525. The van der Waals surface area contributed by atoms with Crippen molar-refractivity contribution < 1.29 is 19.1 Å². The molecule has 0 bridgehead atoms. The normalized spacial score (nSPS) is 27.0. The van der Waals surface area contributed by atoms with Gasteiger partial charge in [0, 0.05) is 0 Å². The summed E-state index contributed by atoms with van der Waals surface area (Å²) in [7, 11) is 0. The SMILES string of the molecule is C[C@@H]1OC(=O)COC1=O. The lowest BCUT2D eigenvalue weighted by atomic mass is 10.4. The van der Waals surface area contributed by atoms with E-state index in [0.29, 0.717) is 0 Å². The van der Waals surface area contributed by atoms with Gasteiger partial charge in [-0.15, -0.1) is 0 Å². The van der Waals surface area contributed by atoms with Gasteiger partial charge in [-0.3, -0.25) is 0 Å². The lowest BCUT2D eigenvalue weighted by Gasteiger charge is -2.16. The van der Waals surface area contributed by atoms with Gasteiger partial charge in [0.05, 0.1) is 0 Å². The highest BCUT2D eigenvalue weighted by Gasteiger charge is 2.25. The highest BCUT2D eigenvalue weighted by atomic mass is 16.6. The second kappa shape index (κ2) is 2.05. The number of ether oxygens (including phenoxy) is 2. The van der Waals surface area contributed by atoms with Crippen molar-refractivity contribution in [3.63, 3.8) is 0 Å². The molecule has 0 N–H and O–H groups in total. The Morgan fingerprint density at radius 2 is 2.22 bits per heavy atom. The molecule has 1 saturated heterocycles. The summed E-state index contributed by atoms with van der Waals surface area (Å²) in [5.41, 5.74) is 0. The molecule has 0 spiro atoms. The molecule has 0 saturated carbocycles. The summed E-state index contributed by atoms with van der Waals surface area (Å²) in [5.74, 6) is -0.961. The first-order valence-electron chi connectivity index (χ1n) is 2.56. The van der Waals surface area contributed by atoms with Gasteiger partial charge >= 0.3 is 11.9 Å². The summed E-state index contributed by atoms with van der Waals surface area (Å²) in [6.07, 6.45) is -0.730. The second-order valence-electron chi connectivity index (χ2n) is 1.74. The molecule has 0 aromatic rings. The van der Waals surface area contributed by atoms with Crippen LogP contribution in [0.2, 0.25) is 0 Å². The van der Waals surface area contributed by atoms with Crippen LogP contribution in [0.4, 0.5) is 0 Å². The second-order valence-corrected chi connectivity index (χ2v) is 1.74. The zero-order valence-electron chi connectivity index (χ0n) is 4.92. The first kappa shape index (κ1) is 6.07. The lowest BCUT2D eigenvalue weighted by Crippen LogP contribution is -2.35. The third-order valence-corrected chi connectivity index (χ3v) is 0.972. The van der Waals surface area contributed by atoms with Crippen LogP contribution in [-0.2, 0) is 19.1 Å². The molecule has 1 heterocycles. The van der Waals surface area contributed by atoms with Crippen LogP contribution < -0.4 is 0 Å². The molecular weight excluding hydrogens is 124 g/mol. The Bertz CT molecular complexity index is 151. The maximum atomic E-state index is 10.4. The third kappa shape index (κ3) is 1.19. The Balaban J connectivity index is 2.54. The fourth-order valence-electron chi connectivity index (χ4n) is 0.527. The molecule has 1 fully saturated rings. The van der Waals surface area contributed by atoms with Crippen molar-refractivity contribution in [2.45, 2.75) is 13.0 Å². The summed E-state index contributed by atoms with van der Waals surface area (Å²) in [5, 5.41) is 0. The maximum Gasteiger partial charge on any atom is 0.347 e. The van der Waals surface area contributed by atoms with Crippen LogP contribution in [0.25, 0.3) is 0 Å². The lowest BCUT2D eigenvalue weighted by molar-refractivity contribution is -0.183. The summed E-state index contributed by atoms with van der Waals surface area (Å²) in [4.78, 5) is 20.8. The van der Waals surface area contributed by atoms with Crippen LogP contribution >= 0.6 is 0 Å². The summed E-state index contributed by atoms with van der Waals surface area (Å²) in [6.45, 7) is 1.22. The Kier molecular flexibility index (Phi) is 1.38. The highest BCUT2D eigenvalue weighted by Crippen LogP contribution is 2.01. The topological polar surface area (TPSA) is 52.6 Å². The molecule has 0 aliphatic carbocycles. The van der Waals surface area contributed by atoms with Crippen molar-refractivity contribution in [3.8, 4) is 0 Å². The van der Waals surface area contributed by atoms with Crippen molar-refractivity contribution in [3.05, 3.63) is 0 Å². The van der Waals surface area contributed by atoms with E-state index in [9.17, 15) is 9.59 Å². The van der Waals surface area contributed by atoms with Gasteiger partial charge in [-0.1, -0.05) is 0 Å². The smallest absolute Gasteiger partial charge is 0.347 e. The first-order chi connectivity index (χ1) is 4.20. The van der Waals surface area contributed by atoms with Crippen LogP contribution in [0.15, 0.2) is 0 Å². The van der Waals surface area contributed by atoms with E-state index in [1.807, 2.05) is 0 Å². The van der Waals surface area contributed by atoms with Crippen molar-refractivity contribution in [1.29, 1.82) is 0 Å². The van der Waals surface area contributed by atoms with Crippen molar-refractivity contribution in [1.82, 2.24) is 0 Å². The zero-order chi connectivity index (χ0) is 6.85. The van der Waals surface area contributed by atoms with E-state index in [-0.39, 0.29) is 6.61 Å². The molecule has 0 amide bonds. The van der Waals surface area contributed by atoms with E-state index in [0.717, 1.165) is 0 Å². The van der Waals surface area contributed by atoms with Gasteiger partial charge in [0.2, 0.25) is 0 Å². The fourth-order valence-corrected chi connectivity index (χ4v) is 0.527. The van der Waals surface area contributed by atoms with E-state index in [1.165, 1.54) is 6.92 Å². The molecular formula is C5H6O4. The van der Waals surface area contributed by atoms with E-state index in [2.05, 4.69) is 9.47 Å². The Morgan fingerprint density at radius 3 is 2.67 bits per heavy atom. The molecule has 0 aromatic heterocycles. The van der Waals surface area contributed by atoms with Gasteiger partial charge in [0.1, 0.15) is 0 Å². The minimum Gasteiger partial charge on any atom is -0.451 e. The molecule has 1 aliphatic heterocycles. The van der Waals surface area contributed by atoms with Crippen LogP contribution in [0.3, 0.4) is 0 Å². The van der Waals surface area contributed by atoms with Crippen LogP contribution in [0, 0.1) is 0 Å². The summed E-state index contributed by atoms with van der Waals surface area (Å²) < 4.78 is 8.87. The van der Waals surface area contributed by atoms with Crippen molar-refractivity contribution >= 4 is 11.9 Å². The number of cyclic esters (lactones) is 2. The van der Waals surface area contributed by atoms with Crippen LogP contribution in [-0.4, -0.2) is 24.6 Å². The molecule has 1 rings (SSSR count). The first-order valence-corrected chi connectivity index (χ1v) is 2.56. The van der Waals surface area contributed by atoms with Gasteiger partial charge in [-0.05, 0) is 6.92 Å². The van der Waals surface area contributed by atoms with Crippen LogP contribution in [0.1, 0.15) is 6.92 Å². The van der Waals surface area contributed by atoms with Gasteiger partial charge in [-0.2, -0.15) is 0 Å². The van der Waals surface area contributed by atoms with E-state index < -0.39 is 18.0 Å². The molecule has 0 radical (unpaired) electrons. The molecule has 0 unspecified atom stereocenters. The van der Waals surface area contributed by atoms with Crippen LogP contribution in [0.5, 0.6) is 0 Å². The number of hydrogen-bond donors (Lipinski definition) is 0. The largest absolute Gasteiger partial charge is 0.451 e. The average molecular weight is 130 g/mol. The van der Waals surface area contributed by atoms with Crippen molar-refractivity contribution in [2.75, 3.05) is 6.61 Å². The van der Waals surface area contributed by atoms with E-state index in [4.69, 9.17) is 0 Å². The maximum absolute atomic E-state index is 10.4. The number of rotatable bonds is 0. The summed E-state index contributed by atoms with van der Waals surface area (Å²) in [6, 6.07) is 0. The van der Waals surface area contributed by atoms with Gasteiger partial charge in [-0.25, -0.2) is 9.59 Å². The Hall–Kier alpha value is -1.06. The summed E-state index contributed by atoms with van der Waals surface area (Å²) >= 11 is 0. The predicted molar refractivity (Wildman–Crippen MR) is 26.5 cm³/mol. The molecule has 50 valence electrons. The molecule has 4 nitrogen and oxygen atoms in total. The monoisotopic (exact) mass is 130 g/mol. The standard InChI is InChI=1S/C5H6O4/c1-3-5(7)8-2-4(6)9-3/h3H,2H2,1H3/t3-/m0/s1. The zero-order valence-corrected chi connectivity index (χ0v) is 4.92. The molecule has 1 aliphatic rings.